The van der Waals surface area contributed by atoms with Gasteiger partial charge in [0.1, 0.15) is 6.10 Å². The Morgan fingerprint density at radius 2 is 2.25 bits per heavy atom. The minimum atomic E-state index is -0.822. The van der Waals surface area contributed by atoms with E-state index in [1.165, 1.54) is 0 Å². The fourth-order valence-corrected chi connectivity index (χ4v) is 1.87. The van der Waals surface area contributed by atoms with Crippen molar-refractivity contribution < 1.29 is 14.6 Å². The number of hydrogen-bond acceptors (Lipinski definition) is 4. The number of carbonyl (C=O) groups is 1. The van der Waals surface area contributed by atoms with E-state index < -0.39 is 11.9 Å². The summed E-state index contributed by atoms with van der Waals surface area (Å²) in [5, 5.41) is 12.1. The maximum atomic E-state index is 10.8. The first-order valence-corrected chi connectivity index (χ1v) is 5.60. The monoisotopic (exact) mass is 224 g/mol. The van der Waals surface area contributed by atoms with Crippen LogP contribution in [0.1, 0.15) is 19.3 Å². The van der Waals surface area contributed by atoms with Crippen molar-refractivity contribution in [2.45, 2.75) is 25.4 Å². The van der Waals surface area contributed by atoms with Crippen molar-refractivity contribution in [3.8, 4) is 0 Å². The molecule has 2 aliphatic rings. The number of piperidine rings is 1. The Bertz CT molecular complexity index is 319. The van der Waals surface area contributed by atoms with E-state index in [-0.39, 0.29) is 6.10 Å². The average molecular weight is 224 g/mol. The van der Waals surface area contributed by atoms with Crippen LogP contribution in [0.25, 0.3) is 0 Å². The lowest BCUT2D eigenvalue weighted by Gasteiger charge is -2.24. The molecule has 0 aromatic heterocycles. The molecule has 0 aromatic rings. The van der Waals surface area contributed by atoms with Crippen molar-refractivity contribution in [1.29, 1.82) is 0 Å². The molecule has 88 valence electrons. The zero-order valence-electron chi connectivity index (χ0n) is 9.06. The largest absolute Gasteiger partial charge is 0.481 e. The van der Waals surface area contributed by atoms with Gasteiger partial charge in [-0.2, -0.15) is 0 Å². The second-order valence-electron chi connectivity index (χ2n) is 4.06. The van der Waals surface area contributed by atoms with Gasteiger partial charge in [-0.3, -0.25) is 4.79 Å². The molecule has 1 fully saturated rings. The van der Waals surface area contributed by atoms with Crippen LogP contribution in [-0.2, 0) is 9.53 Å². The Morgan fingerprint density at radius 3 is 2.94 bits per heavy atom. The lowest BCUT2D eigenvalue weighted by atomic mass is 10.1. The van der Waals surface area contributed by atoms with Gasteiger partial charge in [0.2, 0.25) is 5.88 Å². The third-order valence-corrected chi connectivity index (χ3v) is 2.81. The molecule has 1 unspecified atom stereocenters. The van der Waals surface area contributed by atoms with Crippen LogP contribution in [0.3, 0.4) is 0 Å². The summed E-state index contributed by atoms with van der Waals surface area (Å²) in [6.07, 6.45) is 5.74. The van der Waals surface area contributed by atoms with Crippen LogP contribution in [-0.4, -0.2) is 36.5 Å². The maximum Gasteiger partial charge on any atom is 0.310 e. The van der Waals surface area contributed by atoms with Gasteiger partial charge in [-0.15, -0.1) is 0 Å². The van der Waals surface area contributed by atoms with Crippen molar-refractivity contribution in [3.05, 3.63) is 12.0 Å². The highest BCUT2D eigenvalue weighted by Crippen LogP contribution is 2.19. The predicted octanol–water partition coefficient (Wildman–Crippen LogP) is 0.772. The van der Waals surface area contributed by atoms with E-state index in [9.17, 15) is 4.79 Å². The fraction of sp³-hybridized carbons (Fsp3) is 0.636. The summed E-state index contributed by atoms with van der Waals surface area (Å²) in [5.41, 5.74) is 0. The number of nitrogens with one attached hydrogen (secondary N) is 1. The maximum absolute atomic E-state index is 10.8. The smallest absolute Gasteiger partial charge is 0.310 e. The van der Waals surface area contributed by atoms with Crippen LogP contribution >= 0.6 is 0 Å². The van der Waals surface area contributed by atoms with Gasteiger partial charge < -0.3 is 15.2 Å². The lowest BCUT2D eigenvalue weighted by molar-refractivity contribution is -0.139. The van der Waals surface area contributed by atoms with E-state index in [4.69, 9.17) is 9.84 Å². The van der Waals surface area contributed by atoms with Gasteiger partial charge in [0.05, 0.1) is 5.92 Å². The van der Waals surface area contributed by atoms with Crippen molar-refractivity contribution in [2.75, 3.05) is 13.1 Å². The second-order valence-corrected chi connectivity index (χ2v) is 4.06. The molecule has 1 atom stereocenters. The van der Waals surface area contributed by atoms with Gasteiger partial charge in [0, 0.05) is 6.21 Å². The molecule has 16 heavy (non-hydrogen) atoms. The Kier molecular flexibility index (Phi) is 3.56. The minimum Gasteiger partial charge on any atom is -0.481 e. The highest BCUT2D eigenvalue weighted by Gasteiger charge is 2.21. The second kappa shape index (κ2) is 5.12. The van der Waals surface area contributed by atoms with Crippen LogP contribution in [0.5, 0.6) is 0 Å². The molecule has 2 rings (SSSR count). The first-order valence-electron chi connectivity index (χ1n) is 5.60. The molecule has 0 aliphatic carbocycles. The molecule has 1 saturated heterocycles. The predicted molar refractivity (Wildman–Crippen MR) is 59.3 cm³/mol. The van der Waals surface area contributed by atoms with Gasteiger partial charge in [-0.25, -0.2) is 4.99 Å². The van der Waals surface area contributed by atoms with Crippen molar-refractivity contribution in [1.82, 2.24) is 5.32 Å². The summed E-state index contributed by atoms with van der Waals surface area (Å²) in [4.78, 5) is 14.9. The zero-order chi connectivity index (χ0) is 11.4. The Morgan fingerprint density at radius 1 is 1.50 bits per heavy atom. The number of aliphatic carboxylic acids is 1. The lowest BCUT2D eigenvalue weighted by Crippen LogP contribution is -2.32. The molecular weight excluding hydrogens is 208 g/mol. The van der Waals surface area contributed by atoms with E-state index in [1.54, 1.807) is 12.3 Å². The van der Waals surface area contributed by atoms with Crippen molar-refractivity contribution >= 4 is 12.2 Å². The van der Waals surface area contributed by atoms with Crippen LogP contribution in [0, 0.1) is 5.92 Å². The SMILES string of the molecule is O=C(O)C1C=C(OC2CCNCC2)N=CC1. The quantitative estimate of drug-likeness (QED) is 0.743. The summed E-state index contributed by atoms with van der Waals surface area (Å²) in [5.74, 6) is -0.850. The zero-order valence-corrected chi connectivity index (χ0v) is 9.06. The number of carboxylic acid groups (broad SMARTS) is 1. The molecule has 0 radical (unpaired) electrons. The first-order chi connectivity index (χ1) is 7.75. The number of ether oxygens (including phenoxy) is 1. The first kappa shape index (κ1) is 11.1. The van der Waals surface area contributed by atoms with Crippen LogP contribution in [0.2, 0.25) is 0 Å². The number of rotatable bonds is 3. The molecule has 0 saturated carbocycles. The summed E-state index contributed by atoms with van der Waals surface area (Å²) >= 11 is 0. The molecule has 0 bridgehead atoms. The number of nitrogens with zero attached hydrogens (tertiary/aromatic N) is 1. The van der Waals surface area contributed by atoms with E-state index in [0.29, 0.717) is 12.3 Å². The third kappa shape index (κ3) is 2.82. The molecule has 5 heteroatoms. The van der Waals surface area contributed by atoms with Gasteiger partial charge in [-0.1, -0.05) is 0 Å². The van der Waals surface area contributed by atoms with Gasteiger partial charge >= 0.3 is 5.97 Å². The molecule has 2 heterocycles. The molecule has 2 aliphatic heterocycles. The standard InChI is InChI=1S/C11H16N2O3/c14-11(15)8-1-6-13-10(7-8)16-9-2-4-12-5-3-9/h6-9,12H,1-5H2,(H,14,15). The summed E-state index contributed by atoms with van der Waals surface area (Å²) in [6, 6.07) is 0. The minimum absolute atomic E-state index is 0.164. The average Bonchev–Trinajstić information content (AvgIpc) is 2.30. The molecular formula is C11H16N2O3. The van der Waals surface area contributed by atoms with E-state index in [1.807, 2.05) is 0 Å². The Hall–Kier alpha value is -1.36. The van der Waals surface area contributed by atoms with Gasteiger partial charge in [0.25, 0.3) is 0 Å². The van der Waals surface area contributed by atoms with Crippen LogP contribution in [0.4, 0.5) is 0 Å². The number of carboxylic acids is 1. The normalized spacial score (nSPS) is 26.2. The molecule has 2 N–H and O–H groups in total. The molecule has 0 spiro atoms. The Balaban J connectivity index is 1.92. The number of aliphatic imine (C=N–C) groups is 1. The molecule has 0 aromatic carbocycles. The summed E-state index contributed by atoms with van der Waals surface area (Å²) in [6.45, 7) is 1.90. The van der Waals surface area contributed by atoms with Crippen LogP contribution < -0.4 is 5.32 Å². The number of hydrogen-bond donors (Lipinski definition) is 2. The summed E-state index contributed by atoms with van der Waals surface area (Å²) in [7, 11) is 0. The summed E-state index contributed by atoms with van der Waals surface area (Å²) < 4.78 is 5.67. The highest BCUT2D eigenvalue weighted by molar-refractivity contribution is 5.78. The van der Waals surface area contributed by atoms with E-state index >= 15 is 0 Å². The third-order valence-electron chi connectivity index (χ3n) is 2.81. The van der Waals surface area contributed by atoms with Gasteiger partial charge in [-0.05, 0) is 38.4 Å². The van der Waals surface area contributed by atoms with Crippen LogP contribution in [0.15, 0.2) is 17.0 Å². The van der Waals surface area contributed by atoms with E-state index in [0.717, 1.165) is 25.9 Å². The molecule has 0 amide bonds. The Labute approximate surface area is 94.2 Å². The topological polar surface area (TPSA) is 70.9 Å². The van der Waals surface area contributed by atoms with Gasteiger partial charge in [0.15, 0.2) is 0 Å². The van der Waals surface area contributed by atoms with Crippen molar-refractivity contribution in [3.63, 3.8) is 0 Å². The fourth-order valence-electron chi connectivity index (χ4n) is 1.87. The molecule has 5 nitrogen and oxygen atoms in total. The highest BCUT2D eigenvalue weighted by atomic mass is 16.5. The van der Waals surface area contributed by atoms with E-state index in [2.05, 4.69) is 10.3 Å². The van der Waals surface area contributed by atoms with Crippen molar-refractivity contribution in [2.24, 2.45) is 10.9 Å².